The van der Waals surface area contributed by atoms with Gasteiger partial charge in [-0.2, -0.15) is 0 Å². The molecule has 0 radical (unpaired) electrons. The molecule has 35 heavy (non-hydrogen) atoms. The maximum absolute atomic E-state index is 13.0. The standard InChI is InChI=1S/C26H40O3.3C2H6/c1-7-8-9-23(26(29)17-24(21(6)27)14-18(2)3)16-25(28)20(5)15-22-12-10-19(4)11-13-22;3*1-2/h10-13,18,20,23-24H,7-9,14-17H2,1-6H3;3*1-2H3/t20-,23-,24+;;;/m0.../s1. The molecule has 3 atom stereocenters. The number of carbonyl (C=O) groups excluding carboxylic acids is 3. The second-order valence-electron chi connectivity index (χ2n) is 9.21. The molecule has 0 aliphatic carbocycles. The van der Waals surface area contributed by atoms with Crippen LogP contribution in [-0.4, -0.2) is 17.3 Å². The van der Waals surface area contributed by atoms with Crippen molar-refractivity contribution >= 4 is 17.3 Å². The summed E-state index contributed by atoms with van der Waals surface area (Å²) in [5, 5.41) is 0. The zero-order chi connectivity index (χ0) is 28.0. The smallest absolute Gasteiger partial charge is 0.137 e. The third-order valence-corrected chi connectivity index (χ3v) is 5.80. The lowest BCUT2D eigenvalue weighted by molar-refractivity contribution is -0.132. The molecule has 1 aromatic carbocycles. The van der Waals surface area contributed by atoms with E-state index in [4.69, 9.17) is 0 Å². The molecule has 0 saturated heterocycles. The molecule has 0 N–H and O–H groups in total. The van der Waals surface area contributed by atoms with Crippen molar-refractivity contribution in [1.29, 1.82) is 0 Å². The van der Waals surface area contributed by atoms with E-state index in [9.17, 15) is 14.4 Å². The Morgan fingerprint density at radius 3 is 1.69 bits per heavy atom. The molecule has 0 bridgehead atoms. The van der Waals surface area contributed by atoms with E-state index in [0.29, 0.717) is 18.8 Å². The Morgan fingerprint density at radius 2 is 1.26 bits per heavy atom. The first kappa shape index (κ1) is 37.8. The predicted molar refractivity (Wildman–Crippen MR) is 154 cm³/mol. The number of unbranched alkanes of at least 4 members (excludes halogenated alkanes) is 1. The van der Waals surface area contributed by atoms with Gasteiger partial charge in [0.05, 0.1) is 0 Å². The molecule has 3 nitrogen and oxygen atoms in total. The van der Waals surface area contributed by atoms with Crippen LogP contribution in [0.2, 0.25) is 0 Å². The van der Waals surface area contributed by atoms with E-state index in [0.717, 1.165) is 31.2 Å². The predicted octanol–water partition coefficient (Wildman–Crippen LogP) is 9.23. The van der Waals surface area contributed by atoms with Crippen molar-refractivity contribution in [3.8, 4) is 0 Å². The van der Waals surface area contributed by atoms with Crippen LogP contribution in [0.25, 0.3) is 0 Å². The van der Waals surface area contributed by atoms with Gasteiger partial charge >= 0.3 is 0 Å². The van der Waals surface area contributed by atoms with Crippen LogP contribution in [0.15, 0.2) is 24.3 Å². The maximum Gasteiger partial charge on any atom is 0.137 e. The van der Waals surface area contributed by atoms with E-state index in [-0.39, 0.29) is 41.5 Å². The number of hydrogen-bond acceptors (Lipinski definition) is 3. The van der Waals surface area contributed by atoms with Gasteiger partial charge in [-0.15, -0.1) is 0 Å². The van der Waals surface area contributed by atoms with E-state index < -0.39 is 0 Å². The number of rotatable bonds is 14. The molecule has 0 aromatic heterocycles. The maximum atomic E-state index is 13.0. The van der Waals surface area contributed by atoms with E-state index in [2.05, 4.69) is 52.0 Å². The lowest BCUT2D eigenvalue weighted by atomic mass is 9.81. The third kappa shape index (κ3) is 18.2. The Hall–Kier alpha value is -1.77. The van der Waals surface area contributed by atoms with Gasteiger partial charge in [0.1, 0.15) is 17.3 Å². The molecule has 204 valence electrons. The highest BCUT2D eigenvalue weighted by molar-refractivity contribution is 5.91. The molecule has 0 fully saturated rings. The summed E-state index contributed by atoms with van der Waals surface area (Å²) in [7, 11) is 0. The molecular formula is C32H58O3. The van der Waals surface area contributed by atoms with E-state index in [1.54, 1.807) is 6.92 Å². The third-order valence-electron chi connectivity index (χ3n) is 5.80. The molecule has 1 rings (SSSR count). The fraction of sp³-hybridized carbons (Fsp3) is 0.719. The zero-order valence-electron chi connectivity index (χ0n) is 25.3. The first-order valence-electron chi connectivity index (χ1n) is 14.2. The average Bonchev–Trinajstić information content (AvgIpc) is 2.85. The minimum atomic E-state index is -0.253. The van der Waals surface area contributed by atoms with Gasteiger partial charge in [0.25, 0.3) is 0 Å². The van der Waals surface area contributed by atoms with Crippen molar-refractivity contribution in [1.82, 2.24) is 0 Å². The molecule has 0 spiro atoms. The number of ketones is 3. The first-order valence-corrected chi connectivity index (χ1v) is 14.2. The van der Waals surface area contributed by atoms with Gasteiger partial charge in [0.15, 0.2) is 0 Å². The highest BCUT2D eigenvalue weighted by atomic mass is 16.1. The number of hydrogen-bond donors (Lipinski definition) is 0. The van der Waals surface area contributed by atoms with Crippen LogP contribution in [0.1, 0.15) is 126 Å². The highest BCUT2D eigenvalue weighted by Gasteiger charge is 2.28. The van der Waals surface area contributed by atoms with Crippen molar-refractivity contribution < 1.29 is 14.4 Å². The lowest BCUT2D eigenvalue weighted by Gasteiger charge is -2.21. The van der Waals surface area contributed by atoms with Gasteiger partial charge in [0.2, 0.25) is 0 Å². The Morgan fingerprint density at radius 1 is 0.771 bits per heavy atom. The molecule has 0 aliphatic rings. The van der Waals surface area contributed by atoms with Crippen molar-refractivity contribution in [3.05, 3.63) is 35.4 Å². The average molecular weight is 491 g/mol. The number of aryl methyl sites for hydroxylation is 1. The van der Waals surface area contributed by atoms with Crippen molar-refractivity contribution in [3.63, 3.8) is 0 Å². The van der Waals surface area contributed by atoms with Crippen molar-refractivity contribution in [2.75, 3.05) is 0 Å². The quantitative estimate of drug-likeness (QED) is 0.261. The lowest BCUT2D eigenvalue weighted by Crippen LogP contribution is -2.26. The summed E-state index contributed by atoms with van der Waals surface area (Å²) in [6.07, 6.45) is 4.70. The summed E-state index contributed by atoms with van der Waals surface area (Å²) >= 11 is 0. The van der Waals surface area contributed by atoms with Crippen LogP contribution in [-0.2, 0) is 20.8 Å². The summed E-state index contributed by atoms with van der Waals surface area (Å²) in [4.78, 5) is 37.9. The summed E-state index contributed by atoms with van der Waals surface area (Å²) < 4.78 is 0. The van der Waals surface area contributed by atoms with Crippen molar-refractivity contribution in [2.45, 2.75) is 128 Å². The largest absolute Gasteiger partial charge is 0.300 e. The minimum absolute atomic E-state index is 0.0837. The summed E-state index contributed by atoms with van der Waals surface area (Å²) in [5.41, 5.74) is 2.36. The van der Waals surface area contributed by atoms with E-state index in [1.807, 2.05) is 48.5 Å². The fourth-order valence-corrected chi connectivity index (χ4v) is 3.83. The zero-order valence-corrected chi connectivity index (χ0v) is 25.3. The molecule has 3 heteroatoms. The van der Waals surface area contributed by atoms with Gasteiger partial charge in [-0.1, -0.05) is 112 Å². The van der Waals surface area contributed by atoms with Crippen LogP contribution in [0, 0.1) is 30.6 Å². The van der Waals surface area contributed by atoms with Gasteiger partial charge in [-0.3, -0.25) is 14.4 Å². The van der Waals surface area contributed by atoms with Crippen LogP contribution in [0.3, 0.4) is 0 Å². The minimum Gasteiger partial charge on any atom is -0.300 e. The molecule has 0 amide bonds. The molecule has 0 heterocycles. The van der Waals surface area contributed by atoms with Crippen LogP contribution in [0.4, 0.5) is 0 Å². The normalized spacial score (nSPS) is 12.5. The second-order valence-corrected chi connectivity index (χ2v) is 9.21. The fourth-order valence-electron chi connectivity index (χ4n) is 3.83. The Kier molecular flexibility index (Phi) is 25.8. The molecule has 0 aliphatic heterocycles. The monoisotopic (exact) mass is 490 g/mol. The van der Waals surface area contributed by atoms with Crippen molar-refractivity contribution in [2.24, 2.45) is 23.7 Å². The topological polar surface area (TPSA) is 51.2 Å². The van der Waals surface area contributed by atoms with Crippen LogP contribution in [0.5, 0.6) is 0 Å². The molecule has 0 saturated carbocycles. The van der Waals surface area contributed by atoms with E-state index >= 15 is 0 Å². The van der Waals surface area contributed by atoms with Gasteiger partial charge in [0, 0.05) is 30.6 Å². The summed E-state index contributed by atoms with van der Waals surface area (Å²) in [6.45, 7) is 23.8. The van der Waals surface area contributed by atoms with Gasteiger partial charge in [-0.05, 0) is 44.6 Å². The first-order chi connectivity index (χ1) is 16.6. The Labute approximate surface area is 218 Å². The molecule has 0 unspecified atom stereocenters. The Bertz CT molecular complexity index is 658. The van der Waals surface area contributed by atoms with E-state index in [1.165, 1.54) is 5.56 Å². The molecule has 1 aromatic rings. The highest BCUT2D eigenvalue weighted by Crippen LogP contribution is 2.25. The number of carbonyl (C=O) groups is 3. The Balaban J connectivity index is -0.00000158. The van der Waals surface area contributed by atoms with Crippen LogP contribution >= 0.6 is 0 Å². The number of benzene rings is 1. The van der Waals surface area contributed by atoms with Crippen LogP contribution < -0.4 is 0 Å². The SMILES string of the molecule is CC.CC.CC.CCCC[C@@H](CC(=O)[C@@H](C)Cc1ccc(C)cc1)C(=O)C[C@@H](CC(C)C)C(C)=O. The van der Waals surface area contributed by atoms with Gasteiger partial charge in [-0.25, -0.2) is 0 Å². The van der Waals surface area contributed by atoms with Gasteiger partial charge < -0.3 is 0 Å². The molecular weight excluding hydrogens is 432 g/mol. The summed E-state index contributed by atoms with van der Waals surface area (Å²) in [5.74, 6) is 0.137. The number of Topliss-reactive ketones (excluding diaryl/α,β-unsaturated/α-hetero) is 3. The second kappa shape index (κ2) is 23.9. The summed E-state index contributed by atoms with van der Waals surface area (Å²) in [6, 6.07) is 8.28.